The molecule has 9 rings (SSSR count). The Hall–Kier alpha value is -0.950. The molecular weight excluding hydrogens is 370 g/mol. The van der Waals surface area contributed by atoms with Gasteiger partial charge in [-0.2, -0.15) is 0 Å². The summed E-state index contributed by atoms with van der Waals surface area (Å²) in [7, 11) is 0. The number of esters is 1. The average molecular weight is 402 g/mol. The Morgan fingerprint density at radius 2 is 2.03 bits per heavy atom. The molecule has 6 saturated carbocycles. The molecule has 3 aliphatic heterocycles. The third kappa shape index (κ3) is 1.43. The highest BCUT2D eigenvalue weighted by Gasteiger charge is 2.94. The van der Waals surface area contributed by atoms with E-state index in [2.05, 4.69) is 18.4 Å². The van der Waals surface area contributed by atoms with E-state index in [0.29, 0.717) is 31.2 Å². The minimum Gasteiger partial charge on any atom is -0.462 e. The molecule has 0 amide bonds. The number of rotatable bonds is 2. The van der Waals surface area contributed by atoms with Crippen molar-refractivity contribution in [3.05, 3.63) is 12.2 Å². The molecule has 0 radical (unpaired) electrons. The van der Waals surface area contributed by atoms with Crippen LogP contribution in [0.25, 0.3) is 0 Å². The molecule has 13 atom stereocenters. The first kappa shape index (κ1) is 17.7. The fourth-order valence-corrected chi connectivity index (χ4v) is 11.0. The summed E-state index contributed by atoms with van der Waals surface area (Å²) < 4.78 is 5.90. The molecule has 9 fully saturated rings. The van der Waals surface area contributed by atoms with Crippen LogP contribution in [0.2, 0.25) is 0 Å². The summed E-state index contributed by atoms with van der Waals surface area (Å²) in [6.45, 7) is 9.23. The zero-order valence-corrected chi connectivity index (χ0v) is 17.2. The molecule has 9 bridgehead atoms. The van der Waals surface area contributed by atoms with Gasteiger partial charge in [0.15, 0.2) is 0 Å². The van der Waals surface area contributed by atoms with Gasteiger partial charge in [-0.15, -0.1) is 0 Å². The molecule has 9 aliphatic rings. The zero-order chi connectivity index (χ0) is 20.3. The largest absolute Gasteiger partial charge is 0.462 e. The van der Waals surface area contributed by atoms with Gasteiger partial charge in [0.05, 0.1) is 12.2 Å². The first-order chi connectivity index (χ1) is 13.7. The smallest absolute Gasteiger partial charge is 0.305 e. The number of carbonyl (C=O) groups is 1. The maximum Gasteiger partial charge on any atom is 0.305 e. The highest BCUT2D eigenvalue weighted by Crippen LogP contribution is 2.88. The van der Waals surface area contributed by atoms with Crippen LogP contribution in [0.1, 0.15) is 46.0 Å². The normalized spacial score (nSPS) is 67.3. The summed E-state index contributed by atoms with van der Waals surface area (Å²) in [6.07, 6.45) is 1.66. The van der Waals surface area contributed by atoms with E-state index < -0.39 is 29.1 Å². The van der Waals surface area contributed by atoms with E-state index in [-0.39, 0.29) is 34.9 Å². The maximum atomic E-state index is 12.3. The van der Waals surface area contributed by atoms with Gasteiger partial charge < -0.3 is 20.1 Å². The highest BCUT2D eigenvalue weighted by molar-refractivity contribution is 5.69. The van der Waals surface area contributed by atoms with Crippen LogP contribution in [0.5, 0.6) is 0 Å². The second kappa shape index (κ2) is 4.62. The van der Waals surface area contributed by atoms with Crippen LogP contribution < -0.4 is 0 Å². The lowest BCUT2D eigenvalue weighted by atomic mass is 9.39. The van der Waals surface area contributed by atoms with E-state index in [9.17, 15) is 20.1 Å². The number of ether oxygens (including phenoxy) is 1. The number of nitrogens with zero attached hydrogens (tertiary/aromatic N) is 1. The molecule has 158 valence electrons. The van der Waals surface area contributed by atoms with Gasteiger partial charge in [-0.1, -0.05) is 26.0 Å². The third-order valence-electron chi connectivity index (χ3n) is 10.9. The Morgan fingerprint density at radius 1 is 1.28 bits per heavy atom. The van der Waals surface area contributed by atoms with Crippen molar-refractivity contribution >= 4 is 5.97 Å². The van der Waals surface area contributed by atoms with Gasteiger partial charge >= 0.3 is 5.97 Å². The topological polar surface area (TPSA) is 90.2 Å². The molecular formula is C23H31NO5. The minimum atomic E-state index is -1.20. The van der Waals surface area contributed by atoms with Crippen LogP contribution in [0, 0.1) is 34.0 Å². The summed E-state index contributed by atoms with van der Waals surface area (Å²) in [5, 5.41) is 35.2. The van der Waals surface area contributed by atoms with Gasteiger partial charge in [-0.25, -0.2) is 0 Å². The Morgan fingerprint density at radius 3 is 2.76 bits per heavy atom. The Balaban J connectivity index is 1.45. The summed E-state index contributed by atoms with van der Waals surface area (Å²) in [4.78, 5) is 14.6. The Bertz CT molecular complexity index is 875. The van der Waals surface area contributed by atoms with Crippen LogP contribution >= 0.6 is 0 Å². The molecule has 6 aliphatic carbocycles. The molecule has 0 aromatic heterocycles. The number of aliphatic hydroxyl groups is 3. The van der Waals surface area contributed by atoms with Crippen molar-refractivity contribution in [3.8, 4) is 0 Å². The number of hydrogen-bond acceptors (Lipinski definition) is 6. The minimum absolute atomic E-state index is 0.0223. The van der Waals surface area contributed by atoms with Gasteiger partial charge in [0, 0.05) is 47.7 Å². The maximum absolute atomic E-state index is 12.3. The Labute approximate surface area is 170 Å². The number of hydrogen-bond donors (Lipinski definition) is 3. The predicted octanol–water partition coefficient (Wildman–Crippen LogP) is 0.840. The van der Waals surface area contributed by atoms with Gasteiger partial charge in [-0.3, -0.25) is 9.69 Å². The van der Waals surface area contributed by atoms with Crippen molar-refractivity contribution < 1.29 is 24.9 Å². The van der Waals surface area contributed by atoms with E-state index in [1.807, 2.05) is 6.92 Å². The third-order valence-corrected chi connectivity index (χ3v) is 10.9. The van der Waals surface area contributed by atoms with Crippen molar-refractivity contribution in [3.63, 3.8) is 0 Å². The highest BCUT2D eigenvalue weighted by atomic mass is 16.5. The Kier molecular flexibility index (Phi) is 2.82. The second-order valence-corrected chi connectivity index (χ2v) is 11.7. The van der Waals surface area contributed by atoms with Crippen LogP contribution in [-0.2, 0) is 9.53 Å². The van der Waals surface area contributed by atoms with E-state index in [0.717, 1.165) is 25.0 Å². The molecule has 29 heavy (non-hydrogen) atoms. The van der Waals surface area contributed by atoms with Gasteiger partial charge in [0.25, 0.3) is 0 Å². The molecule has 0 aromatic carbocycles. The second-order valence-electron chi connectivity index (χ2n) is 11.7. The fourth-order valence-electron chi connectivity index (χ4n) is 11.0. The predicted molar refractivity (Wildman–Crippen MR) is 102 cm³/mol. The lowest BCUT2D eigenvalue weighted by Gasteiger charge is -2.67. The first-order valence-corrected chi connectivity index (χ1v) is 11.4. The summed E-state index contributed by atoms with van der Waals surface area (Å²) in [5.74, 6) is -0.292. The van der Waals surface area contributed by atoms with Crippen molar-refractivity contribution in [1.29, 1.82) is 0 Å². The summed E-state index contributed by atoms with van der Waals surface area (Å²) in [5.41, 5.74) is -1.07. The summed E-state index contributed by atoms with van der Waals surface area (Å²) >= 11 is 0. The van der Waals surface area contributed by atoms with Gasteiger partial charge in [0.1, 0.15) is 11.7 Å². The SMILES string of the molecule is C=C1C[C@@]23C[C@H]4[C@@H]5[C@@]6(C)C[C@H](OC(=O)CC)C[C@@]57[C@@H]2[C@H](O)[C@@H]1[C@H](O)[C@]3(O)[C@H]7N4C6. The lowest BCUT2D eigenvalue weighted by Crippen LogP contribution is -2.76. The number of carbonyl (C=O) groups excluding carboxylic acids is 1. The quantitative estimate of drug-likeness (QED) is 0.469. The van der Waals surface area contributed by atoms with Crippen molar-refractivity contribution in [2.24, 2.45) is 34.0 Å². The van der Waals surface area contributed by atoms with E-state index in [4.69, 9.17) is 4.74 Å². The van der Waals surface area contributed by atoms with Crippen LogP contribution in [-0.4, -0.2) is 68.7 Å². The zero-order valence-electron chi connectivity index (χ0n) is 17.2. The lowest BCUT2D eigenvalue weighted by molar-refractivity contribution is -0.280. The average Bonchev–Trinajstić information content (AvgIpc) is 3.05. The van der Waals surface area contributed by atoms with Crippen molar-refractivity contribution in [1.82, 2.24) is 4.90 Å². The van der Waals surface area contributed by atoms with E-state index >= 15 is 0 Å². The molecule has 3 saturated heterocycles. The molecule has 3 N–H and O–H groups in total. The number of piperidine rings is 2. The standard InChI is InChI=1S/C23H31NO5/c1-4-13(25)29-11-6-20(3)9-24-12-8-21-5-10(2)14-15(26)17(21)22(7-11,16(12)20)19(24)23(21,28)18(14)27/h11-12,14-19,26-28H,2,4-9H2,1,3H3/t11-,12-,14+,15+,16+,17+,18-,19-,20-,21+,22-,23-/m0/s1. The van der Waals surface area contributed by atoms with Crippen LogP contribution in [0.4, 0.5) is 0 Å². The van der Waals surface area contributed by atoms with E-state index in [1.165, 1.54) is 0 Å². The number of aliphatic hydroxyl groups excluding tert-OH is 2. The van der Waals surface area contributed by atoms with Crippen molar-refractivity contribution in [2.75, 3.05) is 6.54 Å². The molecule has 6 heteroatoms. The van der Waals surface area contributed by atoms with Gasteiger partial charge in [0.2, 0.25) is 0 Å². The fraction of sp³-hybridized carbons (Fsp3) is 0.870. The van der Waals surface area contributed by atoms with Crippen LogP contribution in [0.15, 0.2) is 12.2 Å². The van der Waals surface area contributed by atoms with E-state index in [1.54, 1.807) is 0 Å². The molecule has 0 aromatic rings. The molecule has 1 unspecified atom stereocenters. The van der Waals surface area contributed by atoms with Gasteiger partial charge in [-0.05, 0) is 37.0 Å². The number of fused-ring (bicyclic) bond motifs is 1. The molecule has 6 nitrogen and oxygen atoms in total. The van der Waals surface area contributed by atoms with Crippen LogP contribution in [0.3, 0.4) is 0 Å². The van der Waals surface area contributed by atoms with Crippen molar-refractivity contribution in [2.45, 2.75) is 81.9 Å². The summed E-state index contributed by atoms with van der Waals surface area (Å²) in [6, 6.07) is 0.244. The monoisotopic (exact) mass is 401 g/mol. The molecule has 3 heterocycles. The first-order valence-electron chi connectivity index (χ1n) is 11.4. The molecule has 2 spiro atoms.